The van der Waals surface area contributed by atoms with E-state index in [0.29, 0.717) is 22.7 Å². The standard InChI is InChI=1S/C15H17NO4S/c1-11-6-4-5-7-15(11)21(17,18)16-12-8-13(19-2)10-14(9-12)20-3/h4-10,16H,1-3H3. The van der Waals surface area contributed by atoms with Gasteiger partial charge in [0.15, 0.2) is 0 Å². The first kappa shape index (κ1) is 15.2. The van der Waals surface area contributed by atoms with Gasteiger partial charge < -0.3 is 9.47 Å². The maximum atomic E-state index is 12.4. The first-order valence-corrected chi connectivity index (χ1v) is 7.76. The summed E-state index contributed by atoms with van der Waals surface area (Å²) in [4.78, 5) is 0.242. The second-order valence-electron chi connectivity index (χ2n) is 4.47. The number of rotatable bonds is 5. The zero-order valence-electron chi connectivity index (χ0n) is 12.1. The number of nitrogens with one attached hydrogen (secondary N) is 1. The molecule has 0 aliphatic carbocycles. The van der Waals surface area contributed by atoms with Gasteiger partial charge in [-0.3, -0.25) is 4.72 Å². The zero-order valence-corrected chi connectivity index (χ0v) is 12.9. The zero-order chi connectivity index (χ0) is 15.5. The van der Waals surface area contributed by atoms with Crippen LogP contribution in [-0.4, -0.2) is 22.6 Å². The summed E-state index contributed by atoms with van der Waals surface area (Å²) < 4.78 is 37.6. The van der Waals surface area contributed by atoms with Gasteiger partial charge in [-0.15, -0.1) is 0 Å². The molecule has 0 unspecified atom stereocenters. The first-order valence-electron chi connectivity index (χ1n) is 6.28. The average molecular weight is 307 g/mol. The number of aryl methyl sites for hydroxylation is 1. The fraction of sp³-hybridized carbons (Fsp3) is 0.200. The number of hydrogen-bond donors (Lipinski definition) is 1. The van der Waals surface area contributed by atoms with Crippen LogP contribution in [0.3, 0.4) is 0 Å². The van der Waals surface area contributed by atoms with Gasteiger partial charge in [0.2, 0.25) is 0 Å². The lowest BCUT2D eigenvalue weighted by Crippen LogP contribution is -2.14. The molecular weight excluding hydrogens is 290 g/mol. The predicted octanol–water partition coefficient (Wildman–Crippen LogP) is 2.81. The summed E-state index contributed by atoms with van der Waals surface area (Å²) in [5.41, 5.74) is 1.06. The second-order valence-corrected chi connectivity index (χ2v) is 6.12. The van der Waals surface area contributed by atoms with Gasteiger partial charge in [0.1, 0.15) is 11.5 Å². The van der Waals surface area contributed by atoms with Crippen LogP contribution in [0, 0.1) is 6.92 Å². The van der Waals surface area contributed by atoms with E-state index in [1.54, 1.807) is 49.4 Å². The molecule has 0 aliphatic heterocycles. The van der Waals surface area contributed by atoms with Crippen LogP contribution < -0.4 is 14.2 Å². The molecule has 5 nitrogen and oxygen atoms in total. The number of anilines is 1. The highest BCUT2D eigenvalue weighted by molar-refractivity contribution is 7.92. The minimum Gasteiger partial charge on any atom is -0.497 e. The Balaban J connectivity index is 2.39. The topological polar surface area (TPSA) is 64.6 Å². The smallest absolute Gasteiger partial charge is 0.262 e. The van der Waals surface area contributed by atoms with Crippen molar-refractivity contribution in [1.29, 1.82) is 0 Å². The van der Waals surface area contributed by atoms with E-state index in [-0.39, 0.29) is 4.90 Å². The van der Waals surface area contributed by atoms with Crippen molar-refractivity contribution in [3.05, 3.63) is 48.0 Å². The summed E-state index contributed by atoms with van der Waals surface area (Å²) >= 11 is 0. The number of sulfonamides is 1. The Morgan fingerprint density at radius 2 is 1.52 bits per heavy atom. The highest BCUT2D eigenvalue weighted by atomic mass is 32.2. The SMILES string of the molecule is COc1cc(NS(=O)(=O)c2ccccc2C)cc(OC)c1. The molecule has 0 heterocycles. The predicted molar refractivity (Wildman–Crippen MR) is 81.5 cm³/mol. The number of methoxy groups -OCH3 is 2. The highest BCUT2D eigenvalue weighted by Gasteiger charge is 2.17. The summed E-state index contributed by atoms with van der Waals surface area (Å²) in [7, 11) is -0.638. The molecule has 0 aliphatic rings. The molecule has 0 bridgehead atoms. The van der Waals surface area contributed by atoms with E-state index in [4.69, 9.17) is 9.47 Å². The van der Waals surface area contributed by atoms with E-state index in [1.807, 2.05) is 0 Å². The van der Waals surface area contributed by atoms with E-state index >= 15 is 0 Å². The summed E-state index contributed by atoms with van der Waals surface area (Å²) in [6, 6.07) is 11.7. The summed E-state index contributed by atoms with van der Waals surface area (Å²) in [6.07, 6.45) is 0. The van der Waals surface area contributed by atoms with Gasteiger partial charge in [-0.05, 0) is 18.6 Å². The maximum absolute atomic E-state index is 12.4. The molecular formula is C15H17NO4S. The van der Waals surface area contributed by atoms with E-state index in [1.165, 1.54) is 14.2 Å². The molecule has 2 aromatic carbocycles. The third-order valence-corrected chi connectivity index (χ3v) is 4.53. The number of ether oxygens (including phenoxy) is 2. The van der Waals surface area contributed by atoms with Gasteiger partial charge in [-0.1, -0.05) is 18.2 Å². The van der Waals surface area contributed by atoms with Crippen LogP contribution in [0.5, 0.6) is 11.5 Å². The molecule has 0 saturated carbocycles. The molecule has 0 spiro atoms. The Labute approximate surface area is 124 Å². The summed E-state index contributed by atoms with van der Waals surface area (Å²) in [5.74, 6) is 1.02. The molecule has 1 N–H and O–H groups in total. The average Bonchev–Trinajstić information content (AvgIpc) is 2.46. The van der Waals surface area contributed by atoms with Crippen LogP contribution in [0.2, 0.25) is 0 Å². The molecule has 21 heavy (non-hydrogen) atoms. The van der Waals surface area contributed by atoms with Crippen molar-refractivity contribution >= 4 is 15.7 Å². The van der Waals surface area contributed by atoms with Gasteiger partial charge in [0.25, 0.3) is 10.0 Å². The Hall–Kier alpha value is -2.21. The van der Waals surface area contributed by atoms with Crippen LogP contribution in [-0.2, 0) is 10.0 Å². The van der Waals surface area contributed by atoms with E-state index in [9.17, 15) is 8.42 Å². The van der Waals surface area contributed by atoms with Gasteiger partial charge in [-0.25, -0.2) is 8.42 Å². The molecule has 112 valence electrons. The lowest BCUT2D eigenvalue weighted by atomic mass is 10.2. The Kier molecular flexibility index (Phi) is 4.37. The minimum atomic E-state index is -3.66. The molecule has 0 fully saturated rings. The van der Waals surface area contributed by atoms with Crippen molar-refractivity contribution < 1.29 is 17.9 Å². The van der Waals surface area contributed by atoms with E-state index < -0.39 is 10.0 Å². The summed E-state index contributed by atoms with van der Waals surface area (Å²) in [6.45, 7) is 1.75. The van der Waals surface area contributed by atoms with Gasteiger partial charge in [0.05, 0.1) is 24.8 Å². The van der Waals surface area contributed by atoms with Crippen molar-refractivity contribution in [2.45, 2.75) is 11.8 Å². The van der Waals surface area contributed by atoms with Crippen LogP contribution in [0.4, 0.5) is 5.69 Å². The normalized spacial score (nSPS) is 11.0. The molecule has 0 atom stereocenters. The van der Waals surface area contributed by atoms with Crippen LogP contribution in [0.25, 0.3) is 0 Å². The molecule has 0 aromatic heterocycles. The Bertz CT molecular complexity index is 719. The van der Waals surface area contributed by atoms with Crippen molar-refractivity contribution in [3.8, 4) is 11.5 Å². The fourth-order valence-corrected chi connectivity index (χ4v) is 3.22. The highest BCUT2D eigenvalue weighted by Crippen LogP contribution is 2.28. The van der Waals surface area contributed by atoms with Crippen molar-refractivity contribution in [2.75, 3.05) is 18.9 Å². The first-order chi connectivity index (χ1) is 9.96. The monoisotopic (exact) mass is 307 g/mol. The summed E-state index contributed by atoms with van der Waals surface area (Å²) in [5, 5.41) is 0. The molecule has 0 amide bonds. The maximum Gasteiger partial charge on any atom is 0.262 e. The Morgan fingerprint density at radius 1 is 0.952 bits per heavy atom. The molecule has 6 heteroatoms. The number of benzene rings is 2. The largest absolute Gasteiger partial charge is 0.497 e. The van der Waals surface area contributed by atoms with Crippen molar-refractivity contribution in [1.82, 2.24) is 0 Å². The van der Waals surface area contributed by atoms with Gasteiger partial charge in [0, 0.05) is 18.2 Å². The molecule has 2 rings (SSSR count). The molecule has 0 saturated heterocycles. The van der Waals surface area contributed by atoms with Crippen molar-refractivity contribution in [2.24, 2.45) is 0 Å². The quantitative estimate of drug-likeness (QED) is 0.922. The van der Waals surface area contributed by atoms with E-state index in [2.05, 4.69) is 4.72 Å². The second kappa shape index (κ2) is 6.05. The Morgan fingerprint density at radius 3 is 2.05 bits per heavy atom. The van der Waals surface area contributed by atoms with E-state index in [0.717, 1.165) is 0 Å². The van der Waals surface area contributed by atoms with Crippen LogP contribution >= 0.6 is 0 Å². The fourth-order valence-electron chi connectivity index (χ4n) is 1.93. The van der Waals surface area contributed by atoms with Gasteiger partial charge in [-0.2, -0.15) is 0 Å². The molecule has 2 aromatic rings. The van der Waals surface area contributed by atoms with Crippen LogP contribution in [0.1, 0.15) is 5.56 Å². The van der Waals surface area contributed by atoms with Crippen molar-refractivity contribution in [3.63, 3.8) is 0 Å². The lowest BCUT2D eigenvalue weighted by molar-refractivity contribution is 0.395. The third kappa shape index (κ3) is 3.46. The minimum absolute atomic E-state index is 0.242. The van der Waals surface area contributed by atoms with Crippen LogP contribution in [0.15, 0.2) is 47.4 Å². The lowest BCUT2D eigenvalue weighted by Gasteiger charge is -2.12. The van der Waals surface area contributed by atoms with Gasteiger partial charge >= 0.3 is 0 Å². The third-order valence-electron chi connectivity index (χ3n) is 2.99. The number of hydrogen-bond acceptors (Lipinski definition) is 4. The molecule has 0 radical (unpaired) electrons.